The molecule has 2 N–H and O–H groups in total. The Labute approximate surface area is 210 Å². The average Bonchev–Trinajstić information content (AvgIpc) is 3.08. The summed E-state index contributed by atoms with van der Waals surface area (Å²) in [5.74, 6) is 0.207. The fourth-order valence-electron chi connectivity index (χ4n) is 3.05. The van der Waals surface area contributed by atoms with Gasteiger partial charge in [-0.1, -0.05) is 23.4 Å². The minimum Gasteiger partial charge on any atom is -0.490 e. The zero-order chi connectivity index (χ0) is 24.0. The van der Waals surface area contributed by atoms with Crippen LogP contribution in [0, 0.1) is 6.92 Å². The van der Waals surface area contributed by atoms with Gasteiger partial charge in [0.25, 0.3) is 5.91 Å². The maximum atomic E-state index is 12.5. The second kappa shape index (κ2) is 11.7. The first-order valence-corrected chi connectivity index (χ1v) is 12.3. The van der Waals surface area contributed by atoms with Gasteiger partial charge in [-0.3, -0.25) is 4.79 Å². The molecule has 0 radical (unpaired) electrons. The standard InChI is InChI=1S/C23H24BrClN2O5S/c1-4-30-18-10-14(9-16(24)21(18)32-12-20(28)31-5-2)11-19-22(29)27-23(33-19)26-17-7-6-15(25)8-13(17)3/h6-11,23,26H,4-5,12H2,1-3H3,(H,27,29)/b19-11-. The van der Waals surface area contributed by atoms with Crippen molar-refractivity contribution >= 4 is 62.9 Å². The molecular weight excluding hydrogens is 532 g/mol. The fourth-order valence-corrected chi connectivity index (χ4v) is 4.83. The van der Waals surface area contributed by atoms with Crippen molar-refractivity contribution in [3.05, 3.63) is 55.9 Å². The molecule has 1 fully saturated rings. The van der Waals surface area contributed by atoms with Crippen LogP contribution in [-0.2, 0) is 14.3 Å². The molecule has 0 aliphatic carbocycles. The predicted molar refractivity (Wildman–Crippen MR) is 135 cm³/mol. The van der Waals surface area contributed by atoms with Gasteiger partial charge in [-0.05, 0) is 84.2 Å². The van der Waals surface area contributed by atoms with Crippen molar-refractivity contribution in [2.24, 2.45) is 0 Å². The van der Waals surface area contributed by atoms with E-state index in [0.717, 1.165) is 16.8 Å². The lowest BCUT2D eigenvalue weighted by atomic mass is 10.2. The first-order chi connectivity index (χ1) is 15.8. The number of amides is 1. The van der Waals surface area contributed by atoms with E-state index in [1.807, 2.05) is 26.0 Å². The van der Waals surface area contributed by atoms with E-state index in [1.54, 1.807) is 31.2 Å². The SMILES string of the molecule is CCOC(=O)COc1c(Br)cc(/C=C2\SC(Nc3ccc(Cl)cc3C)NC2=O)cc1OCC. The monoisotopic (exact) mass is 554 g/mol. The number of carbonyl (C=O) groups excluding carboxylic acids is 2. The first-order valence-electron chi connectivity index (χ1n) is 10.3. The van der Waals surface area contributed by atoms with Crippen LogP contribution < -0.4 is 20.1 Å². The molecule has 2 aromatic carbocycles. The van der Waals surface area contributed by atoms with E-state index < -0.39 is 5.97 Å². The van der Waals surface area contributed by atoms with Crippen molar-refractivity contribution in [1.29, 1.82) is 0 Å². The van der Waals surface area contributed by atoms with Crippen molar-refractivity contribution in [2.75, 3.05) is 25.1 Å². The minimum atomic E-state index is -0.466. The van der Waals surface area contributed by atoms with Gasteiger partial charge < -0.3 is 24.8 Å². The van der Waals surface area contributed by atoms with E-state index in [0.29, 0.717) is 32.5 Å². The molecule has 2 aromatic rings. The van der Waals surface area contributed by atoms with Crippen LogP contribution in [0.5, 0.6) is 11.5 Å². The zero-order valence-electron chi connectivity index (χ0n) is 18.4. The number of benzene rings is 2. The summed E-state index contributed by atoms with van der Waals surface area (Å²) in [6, 6.07) is 9.11. The number of ether oxygens (including phenoxy) is 3. The maximum Gasteiger partial charge on any atom is 0.344 e. The van der Waals surface area contributed by atoms with Crippen LogP contribution >= 0.6 is 39.3 Å². The van der Waals surface area contributed by atoms with E-state index >= 15 is 0 Å². The first kappa shape index (κ1) is 25.3. The van der Waals surface area contributed by atoms with Crippen LogP contribution in [-0.4, -0.2) is 37.2 Å². The van der Waals surface area contributed by atoms with Crippen molar-refractivity contribution in [2.45, 2.75) is 26.3 Å². The quantitative estimate of drug-likeness (QED) is 0.319. The average molecular weight is 556 g/mol. The molecule has 0 saturated carbocycles. The third-order valence-electron chi connectivity index (χ3n) is 4.47. The molecule has 1 saturated heterocycles. The van der Waals surface area contributed by atoms with E-state index in [1.165, 1.54) is 11.8 Å². The van der Waals surface area contributed by atoms with Crippen LogP contribution in [0.25, 0.3) is 6.08 Å². The second-order valence-electron chi connectivity index (χ2n) is 6.94. The zero-order valence-corrected chi connectivity index (χ0v) is 21.5. The topological polar surface area (TPSA) is 85.9 Å². The van der Waals surface area contributed by atoms with Crippen LogP contribution in [0.15, 0.2) is 39.7 Å². The van der Waals surface area contributed by atoms with E-state index in [-0.39, 0.29) is 24.6 Å². The Kier molecular flexibility index (Phi) is 8.94. The second-order valence-corrected chi connectivity index (χ2v) is 9.38. The Morgan fingerprint density at radius 2 is 2.03 bits per heavy atom. The minimum absolute atomic E-state index is 0.180. The van der Waals surface area contributed by atoms with Gasteiger partial charge in [0.15, 0.2) is 23.6 Å². The van der Waals surface area contributed by atoms with Crippen LogP contribution in [0.3, 0.4) is 0 Å². The van der Waals surface area contributed by atoms with Gasteiger partial charge in [0.2, 0.25) is 0 Å². The number of aryl methyl sites for hydroxylation is 1. The molecule has 176 valence electrons. The largest absolute Gasteiger partial charge is 0.490 e. The van der Waals surface area contributed by atoms with Gasteiger partial charge in [0.05, 0.1) is 22.6 Å². The smallest absolute Gasteiger partial charge is 0.344 e. The van der Waals surface area contributed by atoms with Crippen molar-refractivity contribution in [3.63, 3.8) is 0 Å². The van der Waals surface area contributed by atoms with Crippen molar-refractivity contribution < 1.29 is 23.8 Å². The molecule has 1 aliphatic rings. The Hall–Kier alpha value is -2.36. The van der Waals surface area contributed by atoms with E-state index in [4.69, 9.17) is 25.8 Å². The van der Waals surface area contributed by atoms with Crippen LogP contribution in [0.4, 0.5) is 5.69 Å². The highest BCUT2D eigenvalue weighted by Crippen LogP contribution is 2.39. The Balaban J connectivity index is 1.77. The lowest BCUT2D eigenvalue weighted by Gasteiger charge is -2.15. The van der Waals surface area contributed by atoms with E-state index in [2.05, 4.69) is 26.6 Å². The summed E-state index contributed by atoms with van der Waals surface area (Å²) in [7, 11) is 0. The molecule has 1 unspecified atom stereocenters. The van der Waals surface area contributed by atoms with E-state index in [9.17, 15) is 9.59 Å². The lowest BCUT2D eigenvalue weighted by Crippen LogP contribution is -2.31. The number of esters is 1. The molecule has 33 heavy (non-hydrogen) atoms. The van der Waals surface area contributed by atoms with Gasteiger partial charge in [0, 0.05) is 10.7 Å². The predicted octanol–water partition coefficient (Wildman–Crippen LogP) is 5.35. The molecule has 10 heteroatoms. The molecule has 0 spiro atoms. The lowest BCUT2D eigenvalue weighted by molar-refractivity contribution is -0.145. The van der Waals surface area contributed by atoms with Gasteiger partial charge >= 0.3 is 5.97 Å². The van der Waals surface area contributed by atoms with Crippen LogP contribution in [0.2, 0.25) is 5.02 Å². The molecule has 0 bridgehead atoms. The number of carbonyl (C=O) groups is 2. The molecule has 1 heterocycles. The Morgan fingerprint density at radius 1 is 1.24 bits per heavy atom. The number of anilines is 1. The summed E-state index contributed by atoms with van der Waals surface area (Å²) < 4.78 is 16.8. The molecule has 0 aromatic heterocycles. The molecular formula is C23H24BrClN2O5S. The molecule has 7 nitrogen and oxygen atoms in total. The van der Waals surface area contributed by atoms with Gasteiger partial charge in [-0.15, -0.1) is 0 Å². The summed E-state index contributed by atoms with van der Waals surface area (Å²) in [5, 5.41) is 6.88. The number of hydrogen-bond acceptors (Lipinski definition) is 7. The number of hydrogen-bond donors (Lipinski definition) is 2. The van der Waals surface area contributed by atoms with Crippen molar-refractivity contribution in [1.82, 2.24) is 5.32 Å². The fraction of sp³-hybridized carbons (Fsp3) is 0.304. The number of halogens is 2. The number of rotatable bonds is 9. The number of nitrogens with one attached hydrogen (secondary N) is 2. The molecule has 1 atom stereocenters. The Morgan fingerprint density at radius 3 is 2.73 bits per heavy atom. The highest BCUT2D eigenvalue weighted by Gasteiger charge is 2.27. The molecule has 3 rings (SSSR count). The normalized spacial score (nSPS) is 16.5. The summed E-state index contributed by atoms with van der Waals surface area (Å²) >= 11 is 10.9. The van der Waals surface area contributed by atoms with Crippen LogP contribution in [0.1, 0.15) is 25.0 Å². The maximum absolute atomic E-state index is 12.5. The summed E-state index contributed by atoms with van der Waals surface area (Å²) in [5.41, 5.74) is 2.31. The number of thioether (sulfide) groups is 1. The highest BCUT2D eigenvalue weighted by molar-refractivity contribution is 9.10. The highest BCUT2D eigenvalue weighted by atomic mass is 79.9. The Bertz CT molecular complexity index is 1080. The van der Waals surface area contributed by atoms with Gasteiger partial charge in [0.1, 0.15) is 0 Å². The molecule has 1 aliphatic heterocycles. The summed E-state index contributed by atoms with van der Waals surface area (Å²) in [6.45, 7) is 5.98. The summed E-state index contributed by atoms with van der Waals surface area (Å²) in [6.07, 6.45) is 1.78. The van der Waals surface area contributed by atoms with Gasteiger partial charge in [-0.25, -0.2) is 4.79 Å². The molecule has 1 amide bonds. The summed E-state index contributed by atoms with van der Waals surface area (Å²) in [4.78, 5) is 24.7. The van der Waals surface area contributed by atoms with Crippen molar-refractivity contribution in [3.8, 4) is 11.5 Å². The third-order valence-corrected chi connectivity index (χ3v) is 6.33. The van der Waals surface area contributed by atoms with Gasteiger partial charge in [-0.2, -0.15) is 0 Å². The third kappa shape index (κ3) is 6.82.